The van der Waals surface area contributed by atoms with Crippen LogP contribution in [0.1, 0.15) is 133 Å². The Morgan fingerprint density at radius 3 is 0.768 bits per heavy atom. The average molecular weight is 765 g/mol. The van der Waals surface area contributed by atoms with Crippen molar-refractivity contribution in [3.8, 4) is 34.5 Å². The zero-order chi connectivity index (χ0) is 39.9. The maximum absolute atomic E-state index is 11.3. The van der Waals surface area contributed by atoms with Crippen molar-refractivity contribution in [3.05, 3.63) is 104 Å². The van der Waals surface area contributed by atoms with Crippen molar-refractivity contribution in [2.24, 2.45) is 0 Å². The van der Waals surface area contributed by atoms with Gasteiger partial charge in [-0.05, 0) is 185 Å². The predicted octanol–water partition coefficient (Wildman–Crippen LogP) is 11.9. The maximum atomic E-state index is 11.3. The Kier molecular flexibility index (Phi) is 16.7. The van der Waals surface area contributed by atoms with Gasteiger partial charge in [-0.25, -0.2) is 0 Å². The molecule has 0 aromatic heterocycles. The number of aromatic hydroxyl groups is 2. The molecule has 0 saturated carbocycles. The molecule has 0 saturated heterocycles. The first kappa shape index (κ1) is 42.8. The second-order valence-electron chi connectivity index (χ2n) is 16.1. The lowest BCUT2D eigenvalue weighted by Gasteiger charge is -2.16. The second-order valence-corrected chi connectivity index (χ2v) is 16.1. The zero-order valence-corrected chi connectivity index (χ0v) is 35.3. The van der Waals surface area contributed by atoms with Crippen LogP contribution in [0.4, 0.5) is 0 Å². The Morgan fingerprint density at radius 2 is 0.554 bits per heavy atom. The summed E-state index contributed by atoms with van der Waals surface area (Å²) >= 11 is 0. The molecule has 0 fully saturated rings. The average Bonchev–Trinajstić information content (AvgIpc) is 3.18. The van der Waals surface area contributed by atoms with Crippen LogP contribution in [-0.2, 0) is 51.4 Å². The molecule has 56 heavy (non-hydrogen) atoms. The van der Waals surface area contributed by atoms with Gasteiger partial charge in [-0.3, -0.25) is 0 Å². The number of hydrogen-bond donors (Lipinski definition) is 2. The van der Waals surface area contributed by atoms with Gasteiger partial charge in [0.25, 0.3) is 0 Å². The third kappa shape index (κ3) is 11.8. The number of hydrogen-bond acceptors (Lipinski definition) is 6. The molecule has 0 unspecified atom stereocenters. The summed E-state index contributed by atoms with van der Waals surface area (Å²) in [4.78, 5) is 0. The third-order valence-electron chi connectivity index (χ3n) is 11.7. The smallest absolute Gasteiger partial charge is 0.125 e. The minimum absolute atomic E-state index is 0.441. The molecule has 0 aliphatic heterocycles. The number of phenolic OH excluding ortho intramolecular Hbond substituents is 2. The number of rotatable bonds is 4. The van der Waals surface area contributed by atoms with E-state index < -0.39 is 0 Å². The predicted molar refractivity (Wildman–Crippen MR) is 230 cm³/mol. The van der Waals surface area contributed by atoms with Gasteiger partial charge >= 0.3 is 0 Å². The lowest BCUT2D eigenvalue weighted by atomic mass is 9.94. The highest BCUT2D eigenvalue weighted by atomic mass is 16.5. The Morgan fingerprint density at radius 1 is 0.321 bits per heavy atom. The largest absolute Gasteiger partial charge is 0.507 e. The van der Waals surface area contributed by atoms with Gasteiger partial charge < -0.3 is 29.2 Å². The molecule has 0 spiro atoms. The second kappa shape index (κ2) is 21.8. The summed E-state index contributed by atoms with van der Waals surface area (Å²) in [6.45, 7) is 4.37. The SMILES string of the molecule is COc1cc2c(O)c(c1)CCCCCc1cc(C)cc(c1OC)CCCCCc1cc(OC)cc(c1O)CCCCCc1cc(C)cc(c1OC)CCCCC2. The summed E-state index contributed by atoms with van der Waals surface area (Å²) in [5.41, 5.74) is 11.6. The molecule has 1 aliphatic carbocycles. The van der Waals surface area contributed by atoms with E-state index in [2.05, 4.69) is 38.1 Å². The summed E-state index contributed by atoms with van der Waals surface area (Å²) in [6, 6.07) is 17.2. The number of phenols is 2. The fourth-order valence-electron chi connectivity index (χ4n) is 8.81. The monoisotopic (exact) mass is 765 g/mol. The van der Waals surface area contributed by atoms with Gasteiger partial charge in [-0.1, -0.05) is 61.1 Å². The summed E-state index contributed by atoms with van der Waals surface area (Å²) in [7, 11) is 7.03. The van der Waals surface area contributed by atoms with Gasteiger partial charge in [0.15, 0.2) is 0 Å². The third-order valence-corrected chi connectivity index (χ3v) is 11.7. The Balaban J connectivity index is 1.32. The van der Waals surface area contributed by atoms with Gasteiger partial charge in [-0.15, -0.1) is 0 Å². The van der Waals surface area contributed by atoms with Crippen LogP contribution in [0.2, 0.25) is 0 Å². The first-order chi connectivity index (χ1) is 27.2. The van der Waals surface area contributed by atoms with E-state index in [9.17, 15) is 10.2 Å². The fraction of sp³-hybridized carbons (Fsp3) is 0.520. The molecule has 0 amide bonds. The quantitative estimate of drug-likeness (QED) is 0.215. The minimum atomic E-state index is 0.441. The molecule has 5 rings (SSSR count). The molecule has 1 aliphatic rings. The van der Waals surface area contributed by atoms with E-state index in [1.54, 1.807) is 28.4 Å². The van der Waals surface area contributed by atoms with Crippen LogP contribution in [-0.4, -0.2) is 38.7 Å². The van der Waals surface area contributed by atoms with Crippen LogP contribution < -0.4 is 18.9 Å². The van der Waals surface area contributed by atoms with Crippen LogP contribution in [0.15, 0.2) is 48.5 Å². The molecule has 0 radical (unpaired) electrons. The van der Waals surface area contributed by atoms with Gasteiger partial charge in [0.05, 0.1) is 28.4 Å². The van der Waals surface area contributed by atoms with Gasteiger partial charge in [0.2, 0.25) is 0 Å². The van der Waals surface area contributed by atoms with Crippen molar-refractivity contribution in [1.82, 2.24) is 0 Å². The highest BCUT2D eigenvalue weighted by Gasteiger charge is 2.16. The summed E-state index contributed by atoms with van der Waals surface area (Å²) in [6.07, 6.45) is 19.8. The Labute approximate surface area is 337 Å². The molecule has 0 atom stereocenters. The van der Waals surface area contributed by atoms with Crippen molar-refractivity contribution in [2.75, 3.05) is 28.4 Å². The van der Waals surface area contributed by atoms with Crippen LogP contribution in [0.25, 0.3) is 0 Å². The minimum Gasteiger partial charge on any atom is -0.507 e. The van der Waals surface area contributed by atoms with E-state index in [4.69, 9.17) is 18.9 Å². The molecule has 304 valence electrons. The molecule has 2 N–H and O–H groups in total. The lowest BCUT2D eigenvalue weighted by Crippen LogP contribution is -2.01. The van der Waals surface area contributed by atoms with E-state index in [0.717, 1.165) is 174 Å². The van der Waals surface area contributed by atoms with Crippen LogP contribution >= 0.6 is 0 Å². The Hall–Kier alpha value is -4.32. The molecule has 0 heterocycles. The molecular formula is C50H68O6. The molecule has 8 bridgehead atoms. The van der Waals surface area contributed by atoms with Crippen molar-refractivity contribution in [3.63, 3.8) is 0 Å². The van der Waals surface area contributed by atoms with Crippen LogP contribution in [0, 0.1) is 13.8 Å². The van der Waals surface area contributed by atoms with Crippen molar-refractivity contribution in [2.45, 2.75) is 142 Å². The molecule has 4 aromatic carbocycles. The van der Waals surface area contributed by atoms with E-state index in [0.29, 0.717) is 11.5 Å². The van der Waals surface area contributed by atoms with Crippen LogP contribution in [0.3, 0.4) is 0 Å². The van der Waals surface area contributed by atoms with Crippen molar-refractivity contribution < 1.29 is 29.2 Å². The molecular weight excluding hydrogens is 697 g/mol. The molecule has 4 aromatic rings. The van der Waals surface area contributed by atoms with E-state index in [1.165, 1.54) is 33.4 Å². The van der Waals surface area contributed by atoms with Gasteiger partial charge in [-0.2, -0.15) is 0 Å². The standard InChI is InChI=1S/C50H68O6/c1-35-27-41-23-15-7-11-19-37-31-45(53-3)33-39(47(37)51)21-13-9-17-25-43-29-36(2)30-44(50(43)56-6)26-18-10-14-22-40-34-46(54-4)32-38(48(40)52)20-12-8-16-24-42(28-35)49(41)55-5/h27-34,51-52H,7-26H2,1-6H3. The highest BCUT2D eigenvalue weighted by molar-refractivity contribution is 5.49. The highest BCUT2D eigenvalue weighted by Crippen LogP contribution is 2.35. The van der Waals surface area contributed by atoms with Crippen LogP contribution in [0.5, 0.6) is 34.5 Å². The van der Waals surface area contributed by atoms with Crippen molar-refractivity contribution >= 4 is 0 Å². The fourth-order valence-corrected chi connectivity index (χ4v) is 8.81. The maximum Gasteiger partial charge on any atom is 0.125 e. The number of methoxy groups -OCH3 is 4. The molecule has 6 heteroatoms. The normalized spacial score (nSPS) is 15.8. The van der Waals surface area contributed by atoms with Gasteiger partial charge in [0.1, 0.15) is 34.5 Å². The Bertz CT molecular complexity index is 1610. The number of fused-ring (bicyclic) bond motifs is 8. The van der Waals surface area contributed by atoms with E-state index >= 15 is 0 Å². The van der Waals surface area contributed by atoms with Crippen molar-refractivity contribution in [1.29, 1.82) is 0 Å². The van der Waals surface area contributed by atoms with E-state index in [1.807, 2.05) is 24.3 Å². The topological polar surface area (TPSA) is 77.4 Å². The summed E-state index contributed by atoms with van der Waals surface area (Å²) in [5.74, 6) is 4.61. The first-order valence-corrected chi connectivity index (χ1v) is 21.3. The molecule has 6 nitrogen and oxygen atoms in total. The zero-order valence-electron chi connectivity index (χ0n) is 35.3. The lowest BCUT2D eigenvalue weighted by molar-refractivity contribution is 0.402. The number of benzene rings is 4. The van der Waals surface area contributed by atoms with Gasteiger partial charge in [0, 0.05) is 0 Å². The van der Waals surface area contributed by atoms with E-state index in [-0.39, 0.29) is 0 Å². The number of aryl methyl sites for hydroxylation is 10. The summed E-state index contributed by atoms with van der Waals surface area (Å²) < 4.78 is 23.4. The first-order valence-electron chi connectivity index (χ1n) is 21.3. The number of ether oxygens (including phenoxy) is 4. The summed E-state index contributed by atoms with van der Waals surface area (Å²) in [5, 5.41) is 22.6.